The molecule has 2 atom stereocenters. The second kappa shape index (κ2) is 7.53. The van der Waals surface area contributed by atoms with Gasteiger partial charge in [0.1, 0.15) is 5.82 Å². The van der Waals surface area contributed by atoms with Gasteiger partial charge in [0.25, 0.3) is 0 Å². The summed E-state index contributed by atoms with van der Waals surface area (Å²) in [6.45, 7) is 1.27. The Kier molecular flexibility index (Phi) is 4.67. The Bertz CT molecular complexity index is 1490. The van der Waals surface area contributed by atoms with E-state index < -0.39 is 28.8 Å². The molecular weight excluding hydrogens is 450 g/mol. The third-order valence-electron chi connectivity index (χ3n) is 6.68. The molecule has 3 aromatic carbocycles. The van der Waals surface area contributed by atoms with Gasteiger partial charge >= 0.3 is 11.9 Å². The number of rotatable bonds is 2. The van der Waals surface area contributed by atoms with Crippen molar-refractivity contribution in [2.75, 3.05) is 24.7 Å². The molecule has 1 N–H and O–H groups in total. The van der Waals surface area contributed by atoms with Gasteiger partial charge in [0.2, 0.25) is 0 Å². The molecular formula is C25H19F4N3O2. The van der Waals surface area contributed by atoms with Crippen LogP contribution in [0.3, 0.4) is 0 Å². The summed E-state index contributed by atoms with van der Waals surface area (Å²) in [5.41, 5.74) is -2.69. The minimum absolute atomic E-state index is 0.00939. The summed E-state index contributed by atoms with van der Waals surface area (Å²) in [6.07, 6.45) is -4.04. The molecule has 2 aliphatic rings. The lowest BCUT2D eigenvalue weighted by atomic mass is 9.92. The van der Waals surface area contributed by atoms with Crippen LogP contribution in [-0.2, 0) is 10.9 Å². The SMILES string of the molecule is O=c1nc(N2CCOC[C@H]3C[C@H]32)c2cc(C(F)(F)F)c(-c3cccc4ccccc34)c(F)c2[nH]1. The second-order valence-electron chi connectivity index (χ2n) is 8.76. The zero-order chi connectivity index (χ0) is 23.6. The number of aromatic amines is 1. The van der Waals surface area contributed by atoms with E-state index in [1.165, 1.54) is 6.07 Å². The monoisotopic (exact) mass is 469 g/mol. The predicted molar refractivity (Wildman–Crippen MR) is 120 cm³/mol. The number of H-pyrrole nitrogens is 1. The van der Waals surface area contributed by atoms with Gasteiger partial charge in [0.05, 0.1) is 24.3 Å². The summed E-state index contributed by atoms with van der Waals surface area (Å²) in [6, 6.07) is 12.6. The Labute approximate surface area is 191 Å². The highest BCUT2D eigenvalue weighted by Gasteiger charge is 2.45. The van der Waals surface area contributed by atoms with Crippen LogP contribution in [0.4, 0.5) is 23.4 Å². The molecule has 174 valence electrons. The Hall–Kier alpha value is -3.46. The Morgan fingerprint density at radius 3 is 2.71 bits per heavy atom. The molecule has 0 radical (unpaired) electrons. The van der Waals surface area contributed by atoms with E-state index in [-0.39, 0.29) is 34.2 Å². The van der Waals surface area contributed by atoms with E-state index >= 15 is 4.39 Å². The molecule has 1 aliphatic carbocycles. The number of nitrogens with zero attached hydrogens (tertiary/aromatic N) is 2. The normalized spacial score (nSPS) is 20.4. The van der Waals surface area contributed by atoms with E-state index in [9.17, 15) is 18.0 Å². The molecule has 6 rings (SSSR count). The van der Waals surface area contributed by atoms with Crippen molar-refractivity contribution in [2.24, 2.45) is 5.92 Å². The molecule has 5 nitrogen and oxygen atoms in total. The van der Waals surface area contributed by atoms with Crippen LogP contribution in [0, 0.1) is 11.7 Å². The lowest BCUT2D eigenvalue weighted by Gasteiger charge is -2.24. The summed E-state index contributed by atoms with van der Waals surface area (Å²) >= 11 is 0. The van der Waals surface area contributed by atoms with Gasteiger partial charge in [-0.3, -0.25) is 0 Å². The fourth-order valence-electron chi connectivity index (χ4n) is 5.01. The van der Waals surface area contributed by atoms with Crippen LogP contribution in [0.15, 0.2) is 53.3 Å². The molecule has 0 bridgehead atoms. The predicted octanol–water partition coefficient (Wildman–Crippen LogP) is 5.13. The Morgan fingerprint density at radius 2 is 1.88 bits per heavy atom. The maximum absolute atomic E-state index is 16.0. The van der Waals surface area contributed by atoms with Gasteiger partial charge in [0.15, 0.2) is 5.82 Å². The van der Waals surface area contributed by atoms with Crippen molar-refractivity contribution < 1.29 is 22.3 Å². The van der Waals surface area contributed by atoms with Crippen molar-refractivity contribution >= 4 is 27.5 Å². The first-order chi connectivity index (χ1) is 16.3. The lowest BCUT2D eigenvalue weighted by Crippen LogP contribution is -2.32. The van der Waals surface area contributed by atoms with Crippen molar-refractivity contribution in [1.82, 2.24) is 9.97 Å². The summed E-state index contributed by atoms with van der Waals surface area (Å²) < 4.78 is 64.7. The Balaban J connectivity index is 1.67. The number of alkyl halides is 3. The van der Waals surface area contributed by atoms with Crippen LogP contribution in [0.1, 0.15) is 12.0 Å². The first-order valence-corrected chi connectivity index (χ1v) is 11.0. The number of halogens is 4. The summed E-state index contributed by atoms with van der Waals surface area (Å²) in [5.74, 6) is -0.841. The molecule has 0 spiro atoms. The molecule has 1 saturated carbocycles. The van der Waals surface area contributed by atoms with Gasteiger partial charge < -0.3 is 14.6 Å². The first kappa shape index (κ1) is 21.1. The fraction of sp³-hybridized carbons (Fsp3) is 0.280. The number of anilines is 1. The molecule has 1 saturated heterocycles. The van der Waals surface area contributed by atoms with Crippen LogP contribution in [-0.4, -0.2) is 35.8 Å². The highest BCUT2D eigenvalue weighted by molar-refractivity contribution is 6.01. The highest BCUT2D eigenvalue weighted by atomic mass is 19.4. The van der Waals surface area contributed by atoms with Gasteiger partial charge in [-0.2, -0.15) is 18.2 Å². The van der Waals surface area contributed by atoms with E-state index in [2.05, 4.69) is 9.97 Å². The zero-order valence-corrected chi connectivity index (χ0v) is 17.8. The van der Waals surface area contributed by atoms with E-state index in [0.29, 0.717) is 30.5 Å². The molecule has 34 heavy (non-hydrogen) atoms. The van der Waals surface area contributed by atoms with Crippen molar-refractivity contribution in [3.8, 4) is 11.1 Å². The minimum atomic E-state index is -4.83. The highest BCUT2D eigenvalue weighted by Crippen LogP contribution is 2.46. The van der Waals surface area contributed by atoms with E-state index in [1.807, 2.05) is 0 Å². The number of ether oxygens (including phenoxy) is 1. The van der Waals surface area contributed by atoms with Crippen LogP contribution < -0.4 is 10.6 Å². The van der Waals surface area contributed by atoms with Crippen LogP contribution in [0.5, 0.6) is 0 Å². The number of hydrogen-bond donors (Lipinski definition) is 1. The first-order valence-electron chi connectivity index (χ1n) is 11.0. The fourth-order valence-corrected chi connectivity index (χ4v) is 5.01. The van der Waals surface area contributed by atoms with Crippen molar-refractivity contribution in [2.45, 2.75) is 18.6 Å². The quantitative estimate of drug-likeness (QED) is 0.414. The molecule has 2 heterocycles. The zero-order valence-electron chi connectivity index (χ0n) is 17.8. The molecule has 2 fully saturated rings. The van der Waals surface area contributed by atoms with Crippen LogP contribution in [0.2, 0.25) is 0 Å². The number of benzene rings is 3. The average molecular weight is 469 g/mol. The second-order valence-corrected chi connectivity index (χ2v) is 8.76. The Morgan fingerprint density at radius 1 is 1.09 bits per heavy atom. The number of fused-ring (bicyclic) bond motifs is 3. The van der Waals surface area contributed by atoms with E-state index in [1.54, 1.807) is 41.3 Å². The number of nitrogens with one attached hydrogen (secondary N) is 1. The number of aromatic nitrogens is 2. The molecule has 4 aromatic rings. The van der Waals surface area contributed by atoms with Gasteiger partial charge in [-0.15, -0.1) is 0 Å². The van der Waals surface area contributed by atoms with Crippen molar-refractivity contribution in [3.63, 3.8) is 0 Å². The topological polar surface area (TPSA) is 58.2 Å². The van der Waals surface area contributed by atoms with Crippen LogP contribution in [0.25, 0.3) is 32.8 Å². The molecule has 1 aromatic heterocycles. The summed E-state index contributed by atoms with van der Waals surface area (Å²) in [4.78, 5) is 20.6. The van der Waals surface area contributed by atoms with E-state index in [4.69, 9.17) is 4.74 Å². The maximum Gasteiger partial charge on any atom is 0.417 e. The third kappa shape index (κ3) is 3.34. The molecule has 0 amide bonds. The van der Waals surface area contributed by atoms with Gasteiger partial charge in [-0.25, -0.2) is 9.18 Å². The minimum Gasteiger partial charge on any atom is -0.379 e. The molecule has 1 aliphatic heterocycles. The third-order valence-corrected chi connectivity index (χ3v) is 6.68. The number of hydrogen-bond acceptors (Lipinski definition) is 4. The van der Waals surface area contributed by atoms with Gasteiger partial charge in [-0.05, 0) is 28.8 Å². The van der Waals surface area contributed by atoms with Crippen molar-refractivity contribution in [3.05, 3.63) is 70.4 Å². The van der Waals surface area contributed by atoms with E-state index in [0.717, 1.165) is 12.5 Å². The standard InChI is InChI=1S/C25H19F4N3O2/c26-21-20(16-7-3-5-13-4-1-2-6-15(13)16)18(25(27,28)29)11-17-22(21)30-24(33)31-23(17)32-8-9-34-12-14-10-19(14)32/h1-7,11,14,19H,8-10,12H2,(H,30,31,33)/t14-,19-/m1/s1. The lowest BCUT2D eigenvalue weighted by molar-refractivity contribution is -0.137. The van der Waals surface area contributed by atoms with Crippen LogP contribution >= 0.6 is 0 Å². The molecule has 0 unspecified atom stereocenters. The largest absolute Gasteiger partial charge is 0.417 e. The van der Waals surface area contributed by atoms with Crippen molar-refractivity contribution in [1.29, 1.82) is 0 Å². The summed E-state index contributed by atoms with van der Waals surface area (Å²) in [7, 11) is 0. The van der Waals surface area contributed by atoms with Gasteiger partial charge in [0, 0.05) is 29.5 Å². The smallest absolute Gasteiger partial charge is 0.379 e. The maximum atomic E-state index is 16.0. The molecule has 9 heteroatoms. The average Bonchev–Trinajstić information content (AvgIpc) is 3.59. The summed E-state index contributed by atoms with van der Waals surface area (Å²) in [5, 5.41) is 1.10. The van der Waals surface area contributed by atoms with Gasteiger partial charge in [-0.1, -0.05) is 42.5 Å².